The molecule has 0 saturated carbocycles. The molecular formula is C9H11Br2P. The average molecular weight is 310 g/mol. The first-order valence-electron chi connectivity index (χ1n) is 3.74. The third kappa shape index (κ3) is 3.55. The second-order valence-electron chi connectivity index (χ2n) is 2.96. The van der Waals surface area contributed by atoms with Crippen molar-refractivity contribution >= 4 is 36.3 Å². The van der Waals surface area contributed by atoms with Crippen LogP contribution in [0.5, 0.6) is 0 Å². The molecule has 0 aliphatic heterocycles. The Balaban J connectivity index is 2.85. The Labute approximate surface area is 91.0 Å². The minimum Gasteiger partial charge on any atom is -0.0564 e. The Morgan fingerprint density at radius 3 is 2.00 bits per heavy atom. The Morgan fingerprint density at radius 1 is 1.08 bits per heavy atom. The highest BCUT2D eigenvalue weighted by Gasteiger charge is 2.01. The van der Waals surface area contributed by atoms with E-state index in [9.17, 15) is 0 Å². The molecule has 1 rings (SSSR count). The Kier molecular flexibility index (Phi) is 4.22. The molecule has 0 spiro atoms. The van der Waals surface area contributed by atoms with Crippen LogP contribution >= 0.6 is 36.3 Å². The van der Waals surface area contributed by atoms with E-state index in [1.165, 1.54) is 16.7 Å². The van der Waals surface area contributed by atoms with Crippen molar-refractivity contribution in [3.05, 3.63) is 34.9 Å². The van der Waals surface area contributed by atoms with Gasteiger partial charge in [0, 0.05) is 11.5 Å². The summed E-state index contributed by atoms with van der Waals surface area (Å²) in [4.78, 5) is 0. The van der Waals surface area contributed by atoms with Crippen LogP contribution in [0, 0.1) is 13.8 Å². The first-order chi connectivity index (χ1) is 5.58. The lowest BCUT2D eigenvalue weighted by atomic mass is 10.1. The van der Waals surface area contributed by atoms with E-state index in [2.05, 4.69) is 63.0 Å². The molecule has 0 heterocycles. The fraction of sp³-hybridized carbons (Fsp3) is 0.333. The Bertz CT molecular complexity index is 251. The molecule has 0 radical (unpaired) electrons. The van der Waals surface area contributed by atoms with Crippen molar-refractivity contribution < 1.29 is 0 Å². The van der Waals surface area contributed by atoms with Crippen molar-refractivity contribution in [2.24, 2.45) is 0 Å². The van der Waals surface area contributed by atoms with Crippen LogP contribution < -0.4 is 0 Å². The van der Waals surface area contributed by atoms with Gasteiger partial charge in [-0.25, -0.2) is 0 Å². The lowest BCUT2D eigenvalue weighted by Gasteiger charge is -2.04. The first-order valence-corrected chi connectivity index (χ1v) is 9.30. The molecule has 12 heavy (non-hydrogen) atoms. The molecule has 0 N–H and O–H groups in total. The largest absolute Gasteiger partial charge is 0.0564 e. The van der Waals surface area contributed by atoms with Crippen molar-refractivity contribution in [2.45, 2.75) is 20.0 Å². The maximum atomic E-state index is 3.54. The quantitative estimate of drug-likeness (QED) is 0.681. The van der Waals surface area contributed by atoms with Crippen molar-refractivity contribution in [1.29, 1.82) is 0 Å². The smallest absolute Gasteiger partial charge is 0.0391 e. The molecule has 1 aromatic rings. The summed E-state index contributed by atoms with van der Waals surface area (Å²) in [7, 11) is 0. The van der Waals surface area contributed by atoms with Gasteiger partial charge in [-0.05, 0) is 50.4 Å². The molecule has 0 aromatic heterocycles. The fourth-order valence-corrected chi connectivity index (χ4v) is 3.49. The van der Waals surface area contributed by atoms with Gasteiger partial charge in [0.15, 0.2) is 0 Å². The van der Waals surface area contributed by atoms with Gasteiger partial charge in [0.1, 0.15) is 0 Å². The SMILES string of the molecule is Cc1cc(C)cc(CP(Br)Br)c1. The van der Waals surface area contributed by atoms with Crippen LogP contribution in [0.4, 0.5) is 0 Å². The molecule has 0 nitrogen and oxygen atoms in total. The lowest BCUT2D eigenvalue weighted by Crippen LogP contribution is -1.83. The molecule has 66 valence electrons. The number of rotatable bonds is 2. The van der Waals surface area contributed by atoms with E-state index in [1.54, 1.807) is 0 Å². The van der Waals surface area contributed by atoms with E-state index >= 15 is 0 Å². The van der Waals surface area contributed by atoms with Gasteiger partial charge in [-0.15, -0.1) is 0 Å². The van der Waals surface area contributed by atoms with Crippen LogP contribution in [0.15, 0.2) is 18.2 Å². The summed E-state index contributed by atoms with van der Waals surface area (Å²) in [6, 6.07) is 6.68. The summed E-state index contributed by atoms with van der Waals surface area (Å²) >= 11 is 7.08. The standard InChI is InChI=1S/C9H11Br2P/c1-7-3-8(2)5-9(4-7)6-12(10)11/h3-5H,6H2,1-2H3. The molecule has 0 amide bonds. The Morgan fingerprint density at radius 2 is 1.58 bits per heavy atom. The van der Waals surface area contributed by atoms with Gasteiger partial charge in [-0.3, -0.25) is 0 Å². The predicted molar refractivity (Wildman–Crippen MR) is 64.4 cm³/mol. The highest BCUT2D eigenvalue weighted by atomic mass is 79.9. The summed E-state index contributed by atoms with van der Waals surface area (Å²) < 4.78 is 0. The maximum absolute atomic E-state index is 3.54. The summed E-state index contributed by atoms with van der Waals surface area (Å²) in [5, 5.41) is -0.177. The zero-order valence-corrected chi connectivity index (χ0v) is 11.2. The minimum absolute atomic E-state index is 0.177. The maximum Gasteiger partial charge on any atom is 0.0391 e. The molecule has 3 heteroatoms. The van der Waals surface area contributed by atoms with Crippen LogP contribution in [0.2, 0.25) is 0 Å². The summed E-state index contributed by atoms with van der Waals surface area (Å²) in [6.45, 7) is 4.28. The van der Waals surface area contributed by atoms with Gasteiger partial charge in [0.05, 0.1) is 0 Å². The van der Waals surface area contributed by atoms with Crippen molar-refractivity contribution in [2.75, 3.05) is 0 Å². The van der Waals surface area contributed by atoms with Gasteiger partial charge in [-0.1, -0.05) is 29.3 Å². The fourth-order valence-electron chi connectivity index (χ4n) is 1.30. The molecule has 0 fully saturated rings. The number of benzene rings is 1. The monoisotopic (exact) mass is 308 g/mol. The van der Waals surface area contributed by atoms with Crippen LogP contribution in [0.1, 0.15) is 16.7 Å². The highest BCUT2D eigenvalue weighted by Crippen LogP contribution is 2.54. The molecule has 0 saturated heterocycles. The molecule has 0 aliphatic rings. The van der Waals surface area contributed by atoms with Crippen LogP contribution in [0.25, 0.3) is 0 Å². The molecule has 1 aromatic carbocycles. The van der Waals surface area contributed by atoms with Crippen LogP contribution in [-0.4, -0.2) is 0 Å². The summed E-state index contributed by atoms with van der Waals surface area (Å²) in [5.74, 6) is 0. The van der Waals surface area contributed by atoms with Gasteiger partial charge in [0.25, 0.3) is 0 Å². The number of hydrogen-bond donors (Lipinski definition) is 0. The summed E-state index contributed by atoms with van der Waals surface area (Å²) in [6.07, 6.45) is 1.10. The molecular weight excluding hydrogens is 299 g/mol. The molecule has 0 bridgehead atoms. The van der Waals surface area contributed by atoms with E-state index in [0.29, 0.717) is 0 Å². The van der Waals surface area contributed by atoms with E-state index in [4.69, 9.17) is 0 Å². The lowest BCUT2D eigenvalue weighted by molar-refractivity contribution is 1.30. The highest BCUT2D eigenvalue weighted by molar-refractivity contribution is 9.69. The molecule has 0 atom stereocenters. The van der Waals surface area contributed by atoms with Gasteiger partial charge >= 0.3 is 0 Å². The number of aryl methyl sites for hydroxylation is 2. The third-order valence-electron chi connectivity index (χ3n) is 1.58. The Hall–Kier alpha value is 0.610. The molecule has 0 unspecified atom stereocenters. The van der Waals surface area contributed by atoms with Gasteiger partial charge in [-0.2, -0.15) is 0 Å². The van der Waals surface area contributed by atoms with Gasteiger partial charge in [0.2, 0.25) is 0 Å². The third-order valence-corrected chi connectivity index (χ3v) is 3.69. The topological polar surface area (TPSA) is 0 Å². The average Bonchev–Trinajstić information content (AvgIpc) is 1.81. The van der Waals surface area contributed by atoms with E-state index in [1.807, 2.05) is 0 Å². The number of hydrogen-bond acceptors (Lipinski definition) is 0. The first kappa shape index (κ1) is 10.7. The number of halogens is 2. The minimum atomic E-state index is -0.177. The zero-order chi connectivity index (χ0) is 9.14. The van der Waals surface area contributed by atoms with Crippen molar-refractivity contribution in [3.63, 3.8) is 0 Å². The van der Waals surface area contributed by atoms with E-state index < -0.39 is 0 Å². The second-order valence-corrected chi connectivity index (χ2v) is 11.9. The van der Waals surface area contributed by atoms with E-state index in [0.717, 1.165) is 6.16 Å². The van der Waals surface area contributed by atoms with Gasteiger partial charge < -0.3 is 0 Å². The van der Waals surface area contributed by atoms with Crippen molar-refractivity contribution in [3.8, 4) is 0 Å². The van der Waals surface area contributed by atoms with E-state index in [-0.39, 0.29) is 5.33 Å². The zero-order valence-electron chi connectivity index (χ0n) is 7.14. The van der Waals surface area contributed by atoms with Crippen LogP contribution in [0.3, 0.4) is 0 Å². The second kappa shape index (κ2) is 4.74. The normalized spacial score (nSPS) is 10.8. The van der Waals surface area contributed by atoms with Crippen molar-refractivity contribution in [1.82, 2.24) is 0 Å². The summed E-state index contributed by atoms with van der Waals surface area (Å²) in [5.41, 5.74) is 4.11. The van der Waals surface area contributed by atoms with Crippen LogP contribution in [-0.2, 0) is 6.16 Å². The predicted octanol–water partition coefficient (Wildman–Crippen LogP) is 4.91. The molecule has 0 aliphatic carbocycles.